The standard InChI is InChI=1S/C23H31N3O4S/c1-4-22(26(31(3,28)29)20-12-14-21(15-13-20)30-5-2)23(27)24-18-8-10-19(11-9-18)25-16-6-7-17-25/h8-15,22H,4-7,16-17H2,1-3H3,(H,24,27). The Labute approximate surface area is 185 Å². The molecule has 0 bridgehead atoms. The predicted octanol–water partition coefficient (Wildman–Crippen LogP) is 3.87. The third-order valence-electron chi connectivity index (χ3n) is 5.34. The van der Waals surface area contributed by atoms with Crippen molar-refractivity contribution < 1.29 is 17.9 Å². The first-order valence-corrected chi connectivity index (χ1v) is 12.6. The van der Waals surface area contributed by atoms with Crippen molar-refractivity contribution >= 4 is 33.0 Å². The number of amides is 1. The van der Waals surface area contributed by atoms with Crippen LogP contribution in [0, 0.1) is 0 Å². The summed E-state index contributed by atoms with van der Waals surface area (Å²) in [5.74, 6) is 0.283. The molecule has 3 rings (SSSR count). The number of sulfonamides is 1. The number of rotatable bonds is 9. The molecule has 0 spiro atoms. The van der Waals surface area contributed by atoms with Gasteiger partial charge in [0.25, 0.3) is 0 Å². The molecule has 0 saturated carbocycles. The van der Waals surface area contributed by atoms with Gasteiger partial charge < -0.3 is 15.0 Å². The van der Waals surface area contributed by atoms with E-state index in [0.717, 1.165) is 25.0 Å². The molecule has 2 aromatic rings. The van der Waals surface area contributed by atoms with Gasteiger partial charge in [0.15, 0.2) is 0 Å². The number of nitrogens with one attached hydrogen (secondary N) is 1. The van der Waals surface area contributed by atoms with Crippen LogP contribution < -0.4 is 19.3 Å². The Morgan fingerprint density at radius 2 is 1.68 bits per heavy atom. The van der Waals surface area contributed by atoms with Crippen LogP contribution in [-0.2, 0) is 14.8 Å². The van der Waals surface area contributed by atoms with E-state index in [1.165, 1.54) is 17.1 Å². The van der Waals surface area contributed by atoms with Crippen molar-refractivity contribution in [1.82, 2.24) is 0 Å². The lowest BCUT2D eigenvalue weighted by Crippen LogP contribution is -2.47. The van der Waals surface area contributed by atoms with E-state index >= 15 is 0 Å². The first-order chi connectivity index (χ1) is 14.8. The Morgan fingerprint density at radius 3 is 2.19 bits per heavy atom. The summed E-state index contributed by atoms with van der Waals surface area (Å²) in [4.78, 5) is 15.4. The van der Waals surface area contributed by atoms with E-state index in [1.807, 2.05) is 31.2 Å². The maximum atomic E-state index is 13.1. The van der Waals surface area contributed by atoms with Gasteiger partial charge >= 0.3 is 0 Å². The first kappa shape index (κ1) is 22.9. The molecule has 1 aliphatic heterocycles. The Balaban J connectivity index is 1.78. The number of carbonyl (C=O) groups excluding carboxylic acids is 1. The van der Waals surface area contributed by atoms with Gasteiger partial charge in [0.05, 0.1) is 18.6 Å². The van der Waals surface area contributed by atoms with E-state index in [1.54, 1.807) is 31.2 Å². The third kappa shape index (κ3) is 5.70. The van der Waals surface area contributed by atoms with E-state index in [0.29, 0.717) is 30.2 Å². The molecule has 1 N–H and O–H groups in total. The molecule has 31 heavy (non-hydrogen) atoms. The molecular weight excluding hydrogens is 414 g/mol. The fourth-order valence-electron chi connectivity index (χ4n) is 3.87. The normalized spacial score (nSPS) is 14.9. The number of nitrogens with zero attached hydrogens (tertiary/aromatic N) is 2. The number of hydrogen-bond acceptors (Lipinski definition) is 5. The second-order valence-corrected chi connectivity index (χ2v) is 9.50. The summed E-state index contributed by atoms with van der Waals surface area (Å²) in [6, 6.07) is 13.6. The SMILES string of the molecule is CCOc1ccc(N(C(CC)C(=O)Nc2ccc(N3CCCC3)cc2)S(C)(=O)=O)cc1. The zero-order chi connectivity index (χ0) is 22.4. The van der Waals surface area contributed by atoms with E-state index < -0.39 is 16.1 Å². The molecule has 1 heterocycles. The molecule has 2 aromatic carbocycles. The third-order valence-corrected chi connectivity index (χ3v) is 6.52. The van der Waals surface area contributed by atoms with Gasteiger partial charge in [-0.1, -0.05) is 6.92 Å². The largest absolute Gasteiger partial charge is 0.494 e. The van der Waals surface area contributed by atoms with Crippen LogP contribution in [-0.4, -0.2) is 46.3 Å². The molecule has 0 aliphatic carbocycles. The number of anilines is 3. The van der Waals surface area contributed by atoms with Crippen LogP contribution in [0.3, 0.4) is 0 Å². The first-order valence-electron chi connectivity index (χ1n) is 10.7. The highest BCUT2D eigenvalue weighted by molar-refractivity contribution is 7.92. The Kier molecular flexibility index (Phi) is 7.43. The van der Waals surface area contributed by atoms with Gasteiger partial charge in [-0.15, -0.1) is 0 Å². The molecule has 1 aliphatic rings. The zero-order valence-electron chi connectivity index (χ0n) is 18.4. The number of benzene rings is 2. The van der Waals surface area contributed by atoms with E-state index in [2.05, 4.69) is 10.2 Å². The number of hydrogen-bond donors (Lipinski definition) is 1. The summed E-state index contributed by atoms with van der Waals surface area (Å²) in [5.41, 5.74) is 2.21. The lowest BCUT2D eigenvalue weighted by molar-refractivity contribution is -0.117. The zero-order valence-corrected chi connectivity index (χ0v) is 19.2. The lowest BCUT2D eigenvalue weighted by atomic mass is 10.1. The molecule has 1 saturated heterocycles. The average molecular weight is 446 g/mol. The second kappa shape index (κ2) is 10.0. The summed E-state index contributed by atoms with van der Waals surface area (Å²) in [6.07, 6.45) is 3.84. The summed E-state index contributed by atoms with van der Waals surface area (Å²) >= 11 is 0. The summed E-state index contributed by atoms with van der Waals surface area (Å²) in [7, 11) is -3.68. The van der Waals surface area contributed by atoms with Crippen LogP contribution in [0.4, 0.5) is 17.1 Å². The maximum Gasteiger partial charge on any atom is 0.248 e. The molecular formula is C23H31N3O4S. The van der Waals surface area contributed by atoms with Crippen LogP contribution in [0.25, 0.3) is 0 Å². The van der Waals surface area contributed by atoms with Crippen LogP contribution in [0.15, 0.2) is 48.5 Å². The Bertz CT molecular complexity index is 969. The fourth-order valence-corrected chi connectivity index (χ4v) is 5.08. The molecule has 7 nitrogen and oxygen atoms in total. The van der Waals surface area contributed by atoms with Gasteiger partial charge in [-0.2, -0.15) is 0 Å². The van der Waals surface area contributed by atoms with Crippen molar-refractivity contribution in [2.24, 2.45) is 0 Å². The highest BCUT2D eigenvalue weighted by atomic mass is 32.2. The van der Waals surface area contributed by atoms with E-state index in [4.69, 9.17) is 4.74 Å². The minimum absolute atomic E-state index is 0.331. The minimum atomic E-state index is -3.68. The highest BCUT2D eigenvalue weighted by Crippen LogP contribution is 2.27. The molecule has 0 radical (unpaired) electrons. The predicted molar refractivity (Wildman–Crippen MR) is 126 cm³/mol. The van der Waals surface area contributed by atoms with Crippen LogP contribution in [0.5, 0.6) is 5.75 Å². The molecule has 1 unspecified atom stereocenters. The number of carbonyl (C=O) groups is 1. The maximum absolute atomic E-state index is 13.1. The summed E-state index contributed by atoms with van der Waals surface area (Å²) < 4.78 is 31.8. The highest BCUT2D eigenvalue weighted by Gasteiger charge is 2.31. The molecule has 0 aromatic heterocycles. The van der Waals surface area contributed by atoms with Gasteiger partial charge in [0.1, 0.15) is 11.8 Å². The van der Waals surface area contributed by atoms with Gasteiger partial charge in [-0.05, 0) is 74.7 Å². The van der Waals surface area contributed by atoms with Gasteiger partial charge in [0.2, 0.25) is 15.9 Å². The molecule has 168 valence electrons. The van der Waals surface area contributed by atoms with Gasteiger partial charge in [0, 0.05) is 24.5 Å². The van der Waals surface area contributed by atoms with E-state index in [-0.39, 0.29) is 5.91 Å². The quantitative estimate of drug-likeness (QED) is 0.634. The monoisotopic (exact) mass is 445 g/mol. The fraction of sp³-hybridized carbons (Fsp3) is 0.435. The topological polar surface area (TPSA) is 79.0 Å². The Hall–Kier alpha value is -2.74. The van der Waals surface area contributed by atoms with Crippen molar-refractivity contribution in [2.75, 3.05) is 40.5 Å². The molecule has 1 atom stereocenters. The van der Waals surface area contributed by atoms with E-state index in [9.17, 15) is 13.2 Å². The molecule has 8 heteroatoms. The number of ether oxygens (including phenoxy) is 1. The van der Waals surface area contributed by atoms with Gasteiger partial charge in [-0.3, -0.25) is 9.10 Å². The van der Waals surface area contributed by atoms with Crippen LogP contribution >= 0.6 is 0 Å². The summed E-state index contributed by atoms with van der Waals surface area (Å²) in [5, 5.41) is 2.88. The van der Waals surface area contributed by atoms with Crippen molar-refractivity contribution in [3.05, 3.63) is 48.5 Å². The molecule has 1 fully saturated rings. The van der Waals surface area contributed by atoms with Crippen LogP contribution in [0.1, 0.15) is 33.1 Å². The second-order valence-electron chi connectivity index (χ2n) is 7.64. The van der Waals surface area contributed by atoms with Crippen molar-refractivity contribution in [3.63, 3.8) is 0 Å². The smallest absolute Gasteiger partial charge is 0.248 e. The van der Waals surface area contributed by atoms with Crippen molar-refractivity contribution in [1.29, 1.82) is 0 Å². The average Bonchev–Trinajstić information content (AvgIpc) is 3.27. The van der Waals surface area contributed by atoms with Crippen LogP contribution in [0.2, 0.25) is 0 Å². The Morgan fingerprint density at radius 1 is 1.06 bits per heavy atom. The van der Waals surface area contributed by atoms with Gasteiger partial charge in [-0.25, -0.2) is 8.42 Å². The van der Waals surface area contributed by atoms with Crippen molar-refractivity contribution in [2.45, 2.75) is 39.2 Å². The minimum Gasteiger partial charge on any atom is -0.494 e. The van der Waals surface area contributed by atoms with Crippen molar-refractivity contribution in [3.8, 4) is 5.75 Å². The lowest BCUT2D eigenvalue weighted by Gasteiger charge is -2.30. The summed E-state index contributed by atoms with van der Waals surface area (Å²) in [6.45, 7) is 6.30. The molecule has 1 amide bonds.